The van der Waals surface area contributed by atoms with Crippen molar-refractivity contribution in [3.05, 3.63) is 29.1 Å². The minimum Gasteiger partial charge on any atom is -0.399 e. The molecule has 1 aliphatic heterocycles. The maximum absolute atomic E-state index is 12.5. The molecule has 0 spiro atoms. The molecule has 21 heavy (non-hydrogen) atoms. The first-order chi connectivity index (χ1) is 9.95. The van der Waals surface area contributed by atoms with Crippen LogP contribution in [0.5, 0.6) is 0 Å². The molecule has 1 aromatic carbocycles. The van der Waals surface area contributed by atoms with Gasteiger partial charge in [0.1, 0.15) is 6.04 Å². The molecule has 2 heterocycles. The molecule has 0 radical (unpaired) electrons. The number of nitrogens with two attached hydrogens (primary N) is 2. The topological polar surface area (TPSA) is 110 Å². The largest absolute Gasteiger partial charge is 0.399 e. The maximum atomic E-state index is 12.5. The third-order valence-electron chi connectivity index (χ3n) is 3.62. The fraction of sp³-hybridized carbons (Fsp3) is 0.286. The summed E-state index contributed by atoms with van der Waals surface area (Å²) in [4.78, 5) is 25.8. The van der Waals surface area contributed by atoms with Gasteiger partial charge in [0.25, 0.3) is 5.91 Å². The van der Waals surface area contributed by atoms with Crippen molar-refractivity contribution < 1.29 is 14.7 Å². The van der Waals surface area contributed by atoms with Crippen LogP contribution >= 0.6 is 11.3 Å². The van der Waals surface area contributed by atoms with E-state index in [4.69, 9.17) is 11.5 Å². The van der Waals surface area contributed by atoms with Gasteiger partial charge in [-0.25, -0.2) is 0 Å². The highest BCUT2D eigenvalue weighted by atomic mass is 32.1. The quantitative estimate of drug-likeness (QED) is 0.703. The lowest BCUT2D eigenvalue weighted by atomic mass is 10.2. The molecule has 1 aliphatic rings. The molecule has 3 rings (SSSR count). The molecule has 6 nitrogen and oxygen atoms in total. The summed E-state index contributed by atoms with van der Waals surface area (Å²) in [7, 11) is 0. The molecule has 0 aliphatic carbocycles. The van der Waals surface area contributed by atoms with Crippen molar-refractivity contribution in [1.82, 2.24) is 4.90 Å². The number of benzene rings is 1. The number of aliphatic hydroxyl groups excluding tert-OH is 1. The summed E-state index contributed by atoms with van der Waals surface area (Å²) >= 11 is 1.34. The van der Waals surface area contributed by atoms with Crippen molar-refractivity contribution in [2.24, 2.45) is 5.73 Å². The number of nitrogens with zero attached hydrogens (tertiary/aromatic N) is 1. The Morgan fingerprint density at radius 2 is 2.10 bits per heavy atom. The fourth-order valence-corrected chi connectivity index (χ4v) is 3.62. The van der Waals surface area contributed by atoms with Gasteiger partial charge < -0.3 is 21.5 Å². The third-order valence-corrected chi connectivity index (χ3v) is 4.72. The number of hydrogen-bond donors (Lipinski definition) is 3. The molecule has 110 valence electrons. The Morgan fingerprint density at radius 3 is 2.81 bits per heavy atom. The van der Waals surface area contributed by atoms with Crippen LogP contribution in [0.15, 0.2) is 24.3 Å². The van der Waals surface area contributed by atoms with Crippen LogP contribution in [0.1, 0.15) is 16.1 Å². The maximum Gasteiger partial charge on any atom is 0.264 e. The first-order valence-corrected chi connectivity index (χ1v) is 7.35. The number of primary amides is 1. The number of fused-ring (bicyclic) bond motifs is 1. The van der Waals surface area contributed by atoms with Gasteiger partial charge in [-0.2, -0.15) is 0 Å². The van der Waals surface area contributed by atoms with Crippen LogP contribution in [0.2, 0.25) is 0 Å². The summed E-state index contributed by atoms with van der Waals surface area (Å²) < 4.78 is 0.947. The predicted octanol–water partition coefficient (Wildman–Crippen LogP) is 0.544. The number of β-amino-alcohol motifs (C(OH)–C–C–N with tert-alkyl or cyclic N) is 1. The number of amides is 2. The second-order valence-corrected chi connectivity index (χ2v) is 6.26. The van der Waals surface area contributed by atoms with Crippen molar-refractivity contribution in [3.63, 3.8) is 0 Å². The van der Waals surface area contributed by atoms with Crippen LogP contribution in [0.3, 0.4) is 0 Å². The van der Waals surface area contributed by atoms with E-state index in [9.17, 15) is 14.7 Å². The van der Waals surface area contributed by atoms with Crippen LogP contribution in [-0.2, 0) is 4.79 Å². The molecular formula is C14H15N3O3S. The molecule has 1 fully saturated rings. The third kappa shape index (κ3) is 2.45. The van der Waals surface area contributed by atoms with Crippen LogP contribution < -0.4 is 11.5 Å². The standard InChI is InChI=1S/C14H15N3O3S/c15-8-1-2-11-7(3-8)4-12(21-11)14(20)17-6-9(18)5-10(17)13(16)19/h1-4,9-10,18H,5-6,15H2,(H2,16,19). The number of carbonyl (C=O) groups is 2. The normalized spacial score (nSPS) is 21.9. The molecule has 7 heteroatoms. The Bertz CT molecular complexity index is 727. The number of hydrogen-bond acceptors (Lipinski definition) is 5. The molecule has 1 aromatic heterocycles. The predicted molar refractivity (Wildman–Crippen MR) is 80.9 cm³/mol. The second kappa shape index (κ2) is 5.01. The van der Waals surface area contributed by atoms with Gasteiger partial charge in [0.2, 0.25) is 5.91 Å². The molecule has 2 amide bonds. The van der Waals surface area contributed by atoms with Gasteiger partial charge in [-0.3, -0.25) is 9.59 Å². The smallest absolute Gasteiger partial charge is 0.264 e. The van der Waals surface area contributed by atoms with Crippen LogP contribution in [0, 0.1) is 0 Å². The van der Waals surface area contributed by atoms with E-state index < -0.39 is 18.1 Å². The molecule has 1 saturated heterocycles. The Kier molecular flexibility index (Phi) is 3.30. The number of thiophene rings is 1. The molecule has 2 aromatic rings. The molecule has 2 atom stereocenters. The van der Waals surface area contributed by atoms with Gasteiger partial charge in [0.15, 0.2) is 0 Å². The monoisotopic (exact) mass is 305 g/mol. The number of likely N-dealkylation sites (tertiary alicyclic amines) is 1. The van der Waals surface area contributed by atoms with Gasteiger partial charge in [0, 0.05) is 23.4 Å². The average molecular weight is 305 g/mol. The van der Waals surface area contributed by atoms with Crippen molar-refractivity contribution >= 4 is 38.9 Å². The number of anilines is 1. The second-order valence-electron chi connectivity index (χ2n) is 5.17. The lowest BCUT2D eigenvalue weighted by molar-refractivity contribution is -0.121. The Hall–Kier alpha value is -2.12. The van der Waals surface area contributed by atoms with Gasteiger partial charge >= 0.3 is 0 Å². The Morgan fingerprint density at radius 1 is 1.33 bits per heavy atom. The number of nitrogen functional groups attached to an aromatic ring is 1. The molecule has 5 N–H and O–H groups in total. The fourth-order valence-electron chi connectivity index (χ4n) is 2.62. The minimum absolute atomic E-state index is 0.128. The van der Waals surface area contributed by atoms with Crippen molar-refractivity contribution in [1.29, 1.82) is 0 Å². The lowest BCUT2D eigenvalue weighted by Crippen LogP contribution is -2.43. The highest BCUT2D eigenvalue weighted by molar-refractivity contribution is 7.20. The molecule has 0 bridgehead atoms. The van der Waals surface area contributed by atoms with E-state index >= 15 is 0 Å². The highest BCUT2D eigenvalue weighted by Gasteiger charge is 2.38. The van der Waals surface area contributed by atoms with E-state index in [-0.39, 0.29) is 18.9 Å². The zero-order valence-corrected chi connectivity index (χ0v) is 12.0. The molecule has 0 saturated carbocycles. The zero-order chi connectivity index (χ0) is 15.1. The van der Waals surface area contributed by atoms with E-state index in [2.05, 4.69) is 0 Å². The highest BCUT2D eigenvalue weighted by Crippen LogP contribution is 2.30. The number of aliphatic hydroxyl groups is 1. The summed E-state index contributed by atoms with van der Waals surface area (Å²) in [6.45, 7) is 0.128. The SMILES string of the molecule is NC(=O)C1CC(O)CN1C(=O)c1cc2cc(N)ccc2s1. The van der Waals surface area contributed by atoms with E-state index in [1.807, 2.05) is 6.07 Å². The molecule has 2 unspecified atom stereocenters. The van der Waals surface area contributed by atoms with Crippen LogP contribution in [0.25, 0.3) is 10.1 Å². The lowest BCUT2D eigenvalue weighted by Gasteiger charge is -2.20. The summed E-state index contributed by atoms with van der Waals surface area (Å²) in [6.07, 6.45) is -0.518. The molecular weight excluding hydrogens is 290 g/mol. The van der Waals surface area contributed by atoms with Crippen molar-refractivity contribution in [3.8, 4) is 0 Å². The van der Waals surface area contributed by atoms with Gasteiger partial charge in [-0.05, 0) is 29.7 Å². The van der Waals surface area contributed by atoms with Gasteiger partial charge in [-0.15, -0.1) is 11.3 Å². The Balaban J connectivity index is 1.94. The summed E-state index contributed by atoms with van der Waals surface area (Å²) in [5, 5.41) is 10.6. The summed E-state index contributed by atoms with van der Waals surface area (Å²) in [6, 6.07) is 6.44. The number of carbonyl (C=O) groups excluding carboxylic acids is 2. The van der Waals surface area contributed by atoms with E-state index in [1.165, 1.54) is 16.2 Å². The zero-order valence-electron chi connectivity index (χ0n) is 11.2. The van der Waals surface area contributed by atoms with Crippen LogP contribution in [0.4, 0.5) is 5.69 Å². The minimum atomic E-state index is -0.747. The van der Waals surface area contributed by atoms with Gasteiger partial charge in [-0.1, -0.05) is 0 Å². The van der Waals surface area contributed by atoms with Crippen molar-refractivity contribution in [2.75, 3.05) is 12.3 Å². The Labute approximate surface area is 124 Å². The van der Waals surface area contributed by atoms with E-state index in [1.54, 1.807) is 18.2 Å². The van der Waals surface area contributed by atoms with E-state index in [0.717, 1.165) is 10.1 Å². The average Bonchev–Trinajstić information content (AvgIpc) is 3.00. The van der Waals surface area contributed by atoms with Gasteiger partial charge in [0.05, 0.1) is 11.0 Å². The number of rotatable bonds is 2. The summed E-state index contributed by atoms with van der Waals surface area (Å²) in [5.41, 5.74) is 11.7. The van der Waals surface area contributed by atoms with Crippen LogP contribution in [-0.4, -0.2) is 40.5 Å². The van der Waals surface area contributed by atoms with E-state index in [0.29, 0.717) is 10.6 Å². The summed E-state index contributed by atoms with van der Waals surface area (Å²) in [5.74, 6) is -0.875. The first-order valence-electron chi connectivity index (χ1n) is 6.53. The van der Waals surface area contributed by atoms with Crippen molar-refractivity contribution in [2.45, 2.75) is 18.6 Å². The first kappa shape index (κ1) is 13.8.